The summed E-state index contributed by atoms with van der Waals surface area (Å²) in [5.41, 5.74) is 0.750. The van der Waals surface area contributed by atoms with E-state index in [1.807, 2.05) is 43.1 Å². The molecule has 0 saturated carbocycles. The van der Waals surface area contributed by atoms with E-state index in [0.717, 1.165) is 43.8 Å². The number of carbonyl (C=O) groups is 1. The highest BCUT2D eigenvalue weighted by molar-refractivity contribution is 5.94. The molecule has 1 saturated heterocycles. The smallest absolute Gasteiger partial charge is 0.253 e. The van der Waals surface area contributed by atoms with Gasteiger partial charge in [0.1, 0.15) is 5.75 Å². The Balaban J connectivity index is 0.00000220. The van der Waals surface area contributed by atoms with Crippen molar-refractivity contribution >= 4 is 18.3 Å². The number of amides is 1. The minimum absolute atomic E-state index is 0. The van der Waals surface area contributed by atoms with Crippen LogP contribution in [-0.4, -0.2) is 44.1 Å². The first kappa shape index (κ1) is 17.8. The molecule has 0 unspecified atom stereocenters. The average molecular weight is 313 g/mol. The summed E-state index contributed by atoms with van der Waals surface area (Å²) in [6.45, 7) is 5.36. The molecule has 1 aliphatic rings. The number of ether oxygens (including phenoxy) is 1. The van der Waals surface area contributed by atoms with Gasteiger partial charge in [0.2, 0.25) is 0 Å². The molecule has 5 heteroatoms. The van der Waals surface area contributed by atoms with Gasteiger partial charge < -0.3 is 15.0 Å². The molecule has 0 spiro atoms. The lowest BCUT2D eigenvalue weighted by Crippen LogP contribution is -2.40. The molecule has 0 radical (unpaired) electrons. The Morgan fingerprint density at radius 1 is 1.29 bits per heavy atom. The Labute approximate surface area is 133 Å². The third-order valence-corrected chi connectivity index (χ3v) is 3.81. The number of hydrogen-bond donors (Lipinski definition) is 1. The van der Waals surface area contributed by atoms with Crippen LogP contribution in [0.15, 0.2) is 24.3 Å². The van der Waals surface area contributed by atoms with Crippen molar-refractivity contribution in [2.45, 2.75) is 19.8 Å². The van der Waals surface area contributed by atoms with Crippen LogP contribution in [0.2, 0.25) is 0 Å². The summed E-state index contributed by atoms with van der Waals surface area (Å²) in [6.07, 6.45) is 2.17. The van der Waals surface area contributed by atoms with Crippen molar-refractivity contribution < 1.29 is 9.53 Å². The van der Waals surface area contributed by atoms with Crippen molar-refractivity contribution in [1.29, 1.82) is 0 Å². The maximum atomic E-state index is 12.4. The predicted molar refractivity (Wildman–Crippen MR) is 87.4 cm³/mol. The van der Waals surface area contributed by atoms with E-state index in [-0.39, 0.29) is 18.3 Å². The normalized spacial score (nSPS) is 15.4. The topological polar surface area (TPSA) is 41.6 Å². The molecule has 1 aromatic carbocycles. The Bertz CT molecular complexity index is 428. The van der Waals surface area contributed by atoms with Crippen LogP contribution in [0.3, 0.4) is 0 Å². The number of halogens is 1. The molecule has 0 atom stereocenters. The third-order valence-electron chi connectivity index (χ3n) is 3.81. The summed E-state index contributed by atoms with van der Waals surface area (Å²) in [4.78, 5) is 14.4. The standard InChI is InChI=1S/C16H24N2O2.ClH/c1-3-20-15-6-4-14(5-7-15)16(19)18-10-8-13(9-11-18)12-17-2;/h4-7,13,17H,3,8-12H2,1-2H3;1H. The molecule has 1 aliphatic heterocycles. The highest BCUT2D eigenvalue weighted by atomic mass is 35.5. The molecule has 118 valence electrons. The van der Waals surface area contributed by atoms with Gasteiger partial charge in [-0.05, 0) is 63.5 Å². The summed E-state index contributed by atoms with van der Waals surface area (Å²) in [6, 6.07) is 7.44. The van der Waals surface area contributed by atoms with Crippen molar-refractivity contribution in [2.75, 3.05) is 33.3 Å². The zero-order valence-electron chi connectivity index (χ0n) is 12.8. The Kier molecular flexibility index (Phi) is 7.54. The van der Waals surface area contributed by atoms with Crippen molar-refractivity contribution in [3.8, 4) is 5.75 Å². The van der Waals surface area contributed by atoms with E-state index < -0.39 is 0 Å². The number of hydrogen-bond acceptors (Lipinski definition) is 3. The number of piperidine rings is 1. The minimum atomic E-state index is 0. The van der Waals surface area contributed by atoms with E-state index in [9.17, 15) is 4.79 Å². The fourth-order valence-corrected chi connectivity index (χ4v) is 2.67. The monoisotopic (exact) mass is 312 g/mol. The lowest BCUT2D eigenvalue weighted by molar-refractivity contribution is 0.0691. The van der Waals surface area contributed by atoms with Gasteiger partial charge >= 0.3 is 0 Å². The second kappa shape index (κ2) is 8.90. The van der Waals surface area contributed by atoms with Crippen LogP contribution in [0.25, 0.3) is 0 Å². The predicted octanol–water partition coefficient (Wildman–Crippen LogP) is 2.58. The lowest BCUT2D eigenvalue weighted by Gasteiger charge is -2.32. The van der Waals surface area contributed by atoms with Gasteiger partial charge in [0, 0.05) is 18.7 Å². The van der Waals surface area contributed by atoms with Gasteiger partial charge in [-0.15, -0.1) is 12.4 Å². The fraction of sp³-hybridized carbons (Fsp3) is 0.562. The number of nitrogens with zero attached hydrogens (tertiary/aromatic N) is 1. The fourth-order valence-electron chi connectivity index (χ4n) is 2.67. The molecule has 21 heavy (non-hydrogen) atoms. The number of nitrogens with one attached hydrogen (secondary N) is 1. The van der Waals surface area contributed by atoms with Gasteiger partial charge in [-0.1, -0.05) is 0 Å². The second-order valence-electron chi connectivity index (χ2n) is 5.25. The van der Waals surface area contributed by atoms with Crippen LogP contribution in [0.1, 0.15) is 30.1 Å². The van der Waals surface area contributed by atoms with E-state index in [2.05, 4.69) is 5.32 Å². The molecule has 1 fully saturated rings. The molecule has 1 heterocycles. The van der Waals surface area contributed by atoms with E-state index in [1.54, 1.807) is 0 Å². The summed E-state index contributed by atoms with van der Waals surface area (Å²) in [5, 5.41) is 3.21. The molecule has 0 aromatic heterocycles. The van der Waals surface area contributed by atoms with Crippen LogP contribution in [0.4, 0.5) is 0 Å². The number of carbonyl (C=O) groups excluding carboxylic acids is 1. The molecule has 0 aliphatic carbocycles. The van der Waals surface area contributed by atoms with Gasteiger partial charge in [0.05, 0.1) is 6.61 Å². The van der Waals surface area contributed by atoms with Crippen molar-refractivity contribution in [3.63, 3.8) is 0 Å². The molecule has 0 bridgehead atoms. The summed E-state index contributed by atoms with van der Waals surface area (Å²) >= 11 is 0. The first-order chi connectivity index (χ1) is 9.74. The molecular weight excluding hydrogens is 288 g/mol. The average Bonchev–Trinajstić information content (AvgIpc) is 2.49. The lowest BCUT2D eigenvalue weighted by atomic mass is 9.96. The quantitative estimate of drug-likeness (QED) is 0.908. The summed E-state index contributed by atoms with van der Waals surface area (Å²) in [7, 11) is 1.98. The van der Waals surface area contributed by atoms with Crippen LogP contribution in [-0.2, 0) is 0 Å². The first-order valence-electron chi connectivity index (χ1n) is 7.41. The van der Waals surface area contributed by atoms with Crippen molar-refractivity contribution in [3.05, 3.63) is 29.8 Å². The molecule has 1 amide bonds. The third kappa shape index (κ3) is 4.90. The van der Waals surface area contributed by atoms with Crippen molar-refractivity contribution in [1.82, 2.24) is 10.2 Å². The SMILES string of the molecule is CCOc1ccc(C(=O)N2CCC(CNC)CC2)cc1.Cl. The molecule has 1 aromatic rings. The van der Waals surface area contributed by atoms with E-state index >= 15 is 0 Å². The zero-order chi connectivity index (χ0) is 14.4. The Morgan fingerprint density at radius 3 is 2.43 bits per heavy atom. The van der Waals surface area contributed by atoms with Crippen LogP contribution in [0.5, 0.6) is 5.75 Å². The zero-order valence-corrected chi connectivity index (χ0v) is 13.6. The number of likely N-dealkylation sites (tertiary alicyclic amines) is 1. The van der Waals surface area contributed by atoms with Crippen molar-refractivity contribution in [2.24, 2.45) is 5.92 Å². The first-order valence-corrected chi connectivity index (χ1v) is 7.41. The Hall–Kier alpha value is -1.26. The van der Waals surface area contributed by atoms with E-state index in [4.69, 9.17) is 4.74 Å². The Morgan fingerprint density at radius 2 is 1.90 bits per heavy atom. The van der Waals surface area contributed by atoms with Gasteiger partial charge in [-0.25, -0.2) is 0 Å². The van der Waals surface area contributed by atoms with Gasteiger partial charge in [-0.3, -0.25) is 4.79 Å². The number of benzene rings is 1. The largest absolute Gasteiger partial charge is 0.494 e. The maximum absolute atomic E-state index is 12.4. The van der Waals surface area contributed by atoms with Crippen LogP contribution < -0.4 is 10.1 Å². The summed E-state index contributed by atoms with van der Waals surface area (Å²) < 4.78 is 5.40. The minimum Gasteiger partial charge on any atom is -0.494 e. The molecular formula is C16H25ClN2O2. The molecule has 1 N–H and O–H groups in total. The van der Waals surface area contributed by atoms with Gasteiger partial charge in [0.15, 0.2) is 0 Å². The number of rotatable bonds is 5. The van der Waals surface area contributed by atoms with Gasteiger partial charge in [0.25, 0.3) is 5.91 Å². The van der Waals surface area contributed by atoms with E-state index in [0.29, 0.717) is 12.5 Å². The van der Waals surface area contributed by atoms with E-state index in [1.165, 1.54) is 0 Å². The van der Waals surface area contributed by atoms with Gasteiger partial charge in [-0.2, -0.15) is 0 Å². The van der Waals surface area contributed by atoms with Crippen LogP contribution in [0, 0.1) is 5.92 Å². The maximum Gasteiger partial charge on any atom is 0.253 e. The molecule has 2 rings (SSSR count). The second-order valence-corrected chi connectivity index (χ2v) is 5.25. The van der Waals surface area contributed by atoms with Crippen LogP contribution >= 0.6 is 12.4 Å². The summed E-state index contributed by atoms with van der Waals surface area (Å²) in [5.74, 6) is 1.65. The highest BCUT2D eigenvalue weighted by Gasteiger charge is 2.23. The highest BCUT2D eigenvalue weighted by Crippen LogP contribution is 2.19. The molecule has 4 nitrogen and oxygen atoms in total.